The second-order valence-corrected chi connectivity index (χ2v) is 3.12. The molecule has 0 spiro atoms. The number of phenolic OH excluding ortho intramolecular Hbond substituents is 1. The zero-order valence-corrected chi connectivity index (χ0v) is 8.72. The molecule has 4 heteroatoms. The van der Waals surface area contributed by atoms with Crippen LogP contribution in [0, 0.1) is 11.3 Å². The summed E-state index contributed by atoms with van der Waals surface area (Å²) in [5.74, 6) is 0.0833. The number of ether oxygens (including phenoxy) is 1. The molecule has 0 fully saturated rings. The number of aryl methyl sites for hydroxylation is 1. The second-order valence-electron chi connectivity index (χ2n) is 2.74. The lowest BCUT2D eigenvalue weighted by atomic mass is 10.1. The van der Waals surface area contributed by atoms with Crippen LogP contribution in [-0.4, -0.2) is 12.2 Å². The largest absolute Gasteiger partial charge is 0.503 e. The van der Waals surface area contributed by atoms with Crippen LogP contribution in [-0.2, 0) is 6.42 Å². The van der Waals surface area contributed by atoms with Gasteiger partial charge in [0.25, 0.3) is 0 Å². The maximum Gasteiger partial charge on any atom is 0.177 e. The quantitative estimate of drug-likeness (QED) is 0.818. The number of phenols is 1. The van der Waals surface area contributed by atoms with Crippen molar-refractivity contribution in [3.63, 3.8) is 0 Å². The molecule has 14 heavy (non-hydrogen) atoms. The van der Waals surface area contributed by atoms with Crippen molar-refractivity contribution in [2.75, 3.05) is 7.11 Å². The second kappa shape index (κ2) is 4.21. The van der Waals surface area contributed by atoms with Crippen molar-refractivity contribution in [1.82, 2.24) is 0 Å². The van der Waals surface area contributed by atoms with Gasteiger partial charge in [-0.15, -0.1) is 0 Å². The van der Waals surface area contributed by atoms with Crippen LogP contribution in [0.15, 0.2) is 6.07 Å². The zero-order valence-electron chi connectivity index (χ0n) is 7.97. The monoisotopic (exact) mass is 211 g/mol. The fourth-order valence-electron chi connectivity index (χ4n) is 1.19. The predicted molar refractivity (Wildman–Crippen MR) is 53.8 cm³/mol. The van der Waals surface area contributed by atoms with E-state index >= 15 is 0 Å². The summed E-state index contributed by atoms with van der Waals surface area (Å²) in [6, 6.07) is 3.49. The molecule has 0 bridgehead atoms. The van der Waals surface area contributed by atoms with Crippen molar-refractivity contribution in [2.24, 2.45) is 0 Å². The van der Waals surface area contributed by atoms with Gasteiger partial charge in [-0.3, -0.25) is 0 Å². The molecule has 0 saturated heterocycles. The van der Waals surface area contributed by atoms with Crippen LogP contribution < -0.4 is 4.74 Å². The Morgan fingerprint density at radius 2 is 2.29 bits per heavy atom. The molecule has 3 nitrogen and oxygen atoms in total. The lowest BCUT2D eigenvalue weighted by molar-refractivity contribution is 0.372. The molecule has 0 radical (unpaired) electrons. The minimum absolute atomic E-state index is 0.0721. The molecule has 1 aromatic carbocycles. The standard InChI is InChI=1S/C10H10ClNO2/c1-3-6-4-8(14-2)10(13)7(5-12)9(6)11/h4,13H,3H2,1-2H3. The molecule has 0 aliphatic carbocycles. The van der Waals surface area contributed by atoms with E-state index in [0.717, 1.165) is 5.56 Å². The van der Waals surface area contributed by atoms with Crippen LogP contribution in [0.5, 0.6) is 11.5 Å². The molecule has 1 rings (SSSR count). The lowest BCUT2D eigenvalue weighted by Gasteiger charge is -2.09. The summed E-state index contributed by atoms with van der Waals surface area (Å²) in [7, 11) is 1.43. The molecule has 0 amide bonds. The summed E-state index contributed by atoms with van der Waals surface area (Å²) in [4.78, 5) is 0. The van der Waals surface area contributed by atoms with E-state index in [2.05, 4.69) is 0 Å². The maximum atomic E-state index is 9.56. The number of nitrogens with zero attached hydrogens (tertiary/aromatic N) is 1. The van der Waals surface area contributed by atoms with Crippen molar-refractivity contribution in [1.29, 1.82) is 5.26 Å². The number of halogens is 1. The van der Waals surface area contributed by atoms with Gasteiger partial charge in [-0.2, -0.15) is 5.26 Å². The Balaban J connectivity index is 3.49. The summed E-state index contributed by atoms with van der Waals surface area (Å²) >= 11 is 5.91. The van der Waals surface area contributed by atoms with Gasteiger partial charge < -0.3 is 9.84 Å². The first-order chi connectivity index (χ1) is 6.65. The third-order valence-corrected chi connectivity index (χ3v) is 2.42. The Morgan fingerprint density at radius 1 is 1.64 bits per heavy atom. The summed E-state index contributed by atoms with van der Waals surface area (Å²) in [5.41, 5.74) is 0.862. The van der Waals surface area contributed by atoms with Crippen LogP contribution in [0.3, 0.4) is 0 Å². The highest BCUT2D eigenvalue weighted by Gasteiger charge is 2.15. The van der Waals surface area contributed by atoms with Crippen LogP contribution >= 0.6 is 11.6 Å². The Morgan fingerprint density at radius 3 is 2.71 bits per heavy atom. The summed E-state index contributed by atoms with van der Waals surface area (Å²) < 4.78 is 4.93. The minimum Gasteiger partial charge on any atom is -0.503 e. The summed E-state index contributed by atoms with van der Waals surface area (Å²) in [6.07, 6.45) is 0.685. The number of rotatable bonds is 2. The molecule has 0 saturated carbocycles. The minimum atomic E-state index is -0.197. The molecule has 0 aliphatic rings. The molecule has 1 N–H and O–H groups in total. The van der Waals surface area contributed by atoms with Gasteiger partial charge >= 0.3 is 0 Å². The Bertz CT molecular complexity index is 368. The van der Waals surface area contributed by atoms with Gasteiger partial charge in [0, 0.05) is 0 Å². The first-order valence-corrected chi connectivity index (χ1v) is 4.51. The Labute approximate surface area is 87.5 Å². The van der Waals surface area contributed by atoms with E-state index in [1.807, 2.05) is 13.0 Å². The normalized spacial score (nSPS) is 9.57. The van der Waals surface area contributed by atoms with E-state index in [0.29, 0.717) is 11.4 Å². The van der Waals surface area contributed by atoms with Gasteiger partial charge in [0.15, 0.2) is 11.5 Å². The molecular weight excluding hydrogens is 202 g/mol. The lowest BCUT2D eigenvalue weighted by Crippen LogP contribution is -1.92. The Hall–Kier alpha value is -1.40. The van der Waals surface area contributed by atoms with Crippen molar-refractivity contribution < 1.29 is 9.84 Å². The van der Waals surface area contributed by atoms with Gasteiger partial charge in [-0.05, 0) is 18.1 Å². The van der Waals surface area contributed by atoms with Crippen LogP contribution in [0.1, 0.15) is 18.1 Å². The van der Waals surface area contributed by atoms with Crippen molar-refractivity contribution in [2.45, 2.75) is 13.3 Å². The van der Waals surface area contributed by atoms with Gasteiger partial charge in [-0.25, -0.2) is 0 Å². The molecule has 74 valence electrons. The highest BCUT2D eigenvalue weighted by Crippen LogP contribution is 2.37. The van der Waals surface area contributed by atoms with Gasteiger partial charge in [-0.1, -0.05) is 18.5 Å². The van der Waals surface area contributed by atoms with E-state index in [1.54, 1.807) is 6.07 Å². The highest BCUT2D eigenvalue weighted by molar-refractivity contribution is 6.32. The van der Waals surface area contributed by atoms with Gasteiger partial charge in [0.2, 0.25) is 0 Å². The summed E-state index contributed by atoms with van der Waals surface area (Å²) in [5, 5.41) is 18.6. The zero-order chi connectivity index (χ0) is 10.7. The number of hydrogen-bond acceptors (Lipinski definition) is 3. The number of methoxy groups -OCH3 is 1. The van der Waals surface area contributed by atoms with E-state index in [1.165, 1.54) is 7.11 Å². The fourth-order valence-corrected chi connectivity index (χ4v) is 1.51. The van der Waals surface area contributed by atoms with Crippen LogP contribution in [0.4, 0.5) is 0 Å². The molecule has 0 aliphatic heterocycles. The van der Waals surface area contributed by atoms with Crippen molar-refractivity contribution >= 4 is 11.6 Å². The molecule has 1 aromatic rings. The number of benzene rings is 1. The predicted octanol–water partition coefficient (Wildman–Crippen LogP) is 2.49. The third-order valence-electron chi connectivity index (χ3n) is 1.99. The summed E-state index contributed by atoms with van der Waals surface area (Å²) in [6.45, 7) is 1.92. The van der Waals surface area contributed by atoms with E-state index in [9.17, 15) is 5.11 Å². The number of aromatic hydroxyl groups is 1. The van der Waals surface area contributed by atoms with Gasteiger partial charge in [0.05, 0.1) is 12.1 Å². The molecule has 0 heterocycles. The number of hydrogen-bond donors (Lipinski definition) is 1. The molecule has 0 atom stereocenters. The van der Waals surface area contributed by atoms with E-state index in [-0.39, 0.29) is 17.1 Å². The van der Waals surface area contributed by atoms with E-state index in [4.69, 9.17) is 21.6 Å². The van der Waals surface area contributed by atoms with E-state index < -0.39 is 0 Å². The third kappa shape index (κ3) is 1.61. The van der Waals surface area contributed by atoms with Crippen molar-refractivity contribution in [3.8, 4) is 17.6 Å². The van der Waals surface area contributed by atoms with Crippen LogP contribution in [0.25, 0.3) is 0 Å². The first kappa shape index (κ1) is 10.7. The first-order valence-electron chi connectivity index (χ1n) is 4.14. The Kier molecular flexibility index (Phi) is 3.21. The highest BCUT2D eigenvalue weighted by atomic mass is 35.5. The van der Waals surface area contributed by atoms with Crippen molar-refractivity contribution in [3.05, 3.63) is 22.2 Å². The molecule has 0 unspecified atom stereocenters. The smallest absolute Gasteiger partial charge is 0.177 e. The average molecular weight is 212 g/mol. The molecule has 0 aromatic heterocycles. The fraction of sp³-hybridized carbons (Fsp3) is 0.300. The maximum absolute atomic E-state index is 9.56. The number of nitriles is 1. The molecular formula is C10H10ClNO2. The SMILES string of the molecule is CCc1cc(OC)c(O)c(C#N)c1Cl. The van der Waals surface area contributed by atoms with Crippen LogP contribution in [0.2, 0.25) is 5.02 Å². The average Bonchev–Trinajstić information content (AvgIpc) is 2.19. The topological polar surface area (TPSA) is 53.2 Å². The van der Waals surface area contributed by atoms with Gasteiger partial charge in [0.1, 0.15) is 11.6 Å².